The molecule has 0 aliphatic carbocycles. The molecule has 96 valence electrons. The van der Waals surface area contributed by atoms with Gasteiger partial charge in [0.1, 0.15) is 11.8 Å². The van der Waals surface area contributed by atoms with E-state index < -0.39 is 11.9 Å². The van der Waals surface area contributed by atoms with Crippen LogP contribution in [0.2, 0.25) is 0 Å². The normalized spacial score (nSPS) is 18.9. The number of nitrogens with zero attached hydrogens (tertiary/aromatic N) is 1. The highest BCUT2D eigenvalue weighted by Crippen LogP contribution is 2.26. The van der Waals surface area contributed by atoms with Crippen LogP contribution >= 0.6 is 0 Å². The molecule has 1 aliphatic heterocycles. The van der Waals surface area contributed by atoms with Gasteiger partial charge in [-0.05, 0) is 31.4 Å². The average molecular weight is 248 g/mol. The minimum atomic E-state index is -0.558. The van der Waals surface area contributed by atoms with Crippen molar-refractivity contribution in [2.75, 3.05) is 6.54 Å². The molecule has 0 spiro atoms. The number of phenolic OH excluding ortho intramolecular Hbond substituents is 1. The smallest absolute Gasteiger partial charge is 0.258 e. The highest BCUT2D eigenvalue weighted by atomic mass is 16.3. The molecule has 1 fully saturated rings. The van der Waals surface area contributed by atoms with Gasteiger partial charge in [-0.15, -0.1) is 0 Å². The third-order valence-corrected chi connectivity index (χ3v) is 3.31. The van der Waals surface area contributed by atoms with Gasteiger partial charge in [-0.3, -0.25) is 9.59 Å². The number of para-hydroxylation sites is 1. The van der Waals surface area contributed by atoms with Crippen molar-refractivity contribution in [3.63, 3.8) is 0 Å². The fourth-order valence-electron chi connectivity index (χ4n) is 2.29. The van der Waals surface area contributed by atoms with E-state index in [2.05, 4.69) is 0 Å². The zero-order valence-electron chi connectivity index (χ0n) is 10.2. The summed E-state index contributed by atoms with van der Waals surface area (Å²) in [7, 11) is 0. The molecular formula is C13H16N2O3. The highest BCUT2D eigenvalue weighted by molar-refractivity contribution is 6.00. The lowest BCUT2D eigenvalue weighted by Crippen LogP contribution is -2.43. The molecule has 1 heterocycles. The summed E-state index contributed by atoms with van der Waals surface area (Å²) < 4.78 is 0. The van der Waals surface area contributed by atoms with Gasteiger partial charge >= 0.3 is 0 Å². The predicted octanol–water partition coefficient (Wildman–Crippen LogP) is 0.791. The quantitative estimate of drug-likeness (QED) is 0.811. The molecule has 0 radical (unpaired) electrons. The molecule has 2 amide bonds. The van der Waals surface area contributed by atoms with Crippen molar-refractivity contribution < 1.29 is 14.7 Å². The fraction of sp³-hybridized carbons (Fsp3) is 0.385. The van der Waals surface area contributed by atoms with Gasteiger partial charge in [-0.1, -0.05) is 12.1 Å². The second-order valence-corrected chi connectivity index (χ2v) is 4.53. The van der Waals surface area contributed by atoms with Gasteiger partial charge in [-0.25, -0.2) is 0 Å². The molecule has 0 saturated carbocycles. The summed E-state index contributed by atoms with van der Waals surface area (Å²) in [6, 6.07) is 4.43. The molecule has 1 aromatic rings. The number of amides is 2. The zero-order valence-corrected chi connectivity index (χ0v) is 10.2. The van der Waals surface area contributed by atoms with Crippen LogP contribution < -0.4 is 5.73 Å². The lowest BCUT2D eigenvalue weighted by atomic mass is 10.1. The van der Waals surface area contributed by atoms with E-state index in [0.29, 0.717) is 18.5 Å². The SMILES string of the molecule is Cc1cccc(C(=O)N2CCCC2C(N)=O)c1O. The number of primary amides is 1. The van der Waals surface area contributed by atoms with E-state index in [9.17, 15) is 14.7 Å². The number of aryl methyl sites for hydroxylation is 1. The zero-order chi connectivity index (χ0) is 13.3. The summed E-state index contributed by atoms with van der Waals surface area (Å²) in [5.74, 6) is -0.858. The largest absolute Gasteiger partial charge is 0.507 e. The summed E-state index contributed by atoms with van der Waals surface area (Å²) in [5, 5.41) is 9.89. The Bertz CT molecular complexity index is 499. The first-order valence-electron chi connectivity index (χ1n) is 5.91. The Morgan fingerprint density at radius 2 is 2.17 bits per heavy atom. The van der Waals surface area contributed by atoms with E-state index in [0.717, 1.165) is 6.42 Å². The number of hydrogen-bond acceptors (Lipinski definition) is 3. The number of carbonyl (C=O) groups excluding carboxylic acids is 2. The number of carbonyl (C=O) groups is 2. The first-order valence-corrected chi connectivity index (χ1v) is 5.91. The van der Waals surface area contributed by atoms with Crippen molar-refractivity contribution in [1.82, 2.24) is 4.90 Å². The maximum Gasteiger partial charge on any atom is 0.258 e. The molecule has 0 aromatic heterocycles. The Labute approximate surface area is 105 Å². The Morgan fingerprint density at radius 3 is 2.83 bits per heavy atom. The number of likely N-dealkylation sites (tertiary alicyclic amines) is 1. The Kier molecular flexibility index (Phi) is 3.23. The van der Waals surface area contributed by atoms with Crippen molar-refractivity contribution >= 4 is 11.8 Å². The van der Waals surface area contributed by atoms with Gasteiger partial charge in [0.15, 0.2) is 0 Å². The summed E-state index contributed by atoms with van der Waals surface area (Å²) in [4.78, 5) is 25.0. The van der Waals surface area contributed by atoms with Crippen LogP contribution in [0.3, 0.4) is 0 Å². The Balaban J connectivity index is 2.31. The highest BCUT2D eigenvalue weighted by Gasteiger charge is 2.34. The van der Waals surface area contributed by atoms with E-state index in [4.69, 9.17) is 5.73 Å². The number of benzene rings is 1. The predicted molar refractivity (Wildman–Crippen MR) is 66.1 cm³/mol. The maximum absolute atomic E-state index is 12.3. The second-order valence-electron chi connectivity index (χ2n) is 4.53. The maximum atomic E-state index is 12.3. The molecule has 1 saturated heterocycles. The number of rotatable bonds is 2. The lowest BCUT2D eigenvalue weighted by Gasteiger charge is -2.22. The average Bonchev–Trinajstić information content (AvgIpc) is 2.81. The third kappa shape index (κ3) is 2.03. The van der Waals surface area contributed by atoms with Crippen LogP contribution in [0.15, 0.2) is 18.2 Å². The molecule has 1 unspecified atom stereocenters. The summed E-state index contributed by atoms with van der Waals surface area (Å²) in [6.45, 7) is 2.22. The topological polar surface area (TPSA) is 83.6 Å². The van der Waals surface area contributed by atoms with Crippen LogP contribution in [-0.2, 0) is 4.79 Å². The van der Waals surface area contributed by atoms with Gasteiger partial charge in [-0.2, -0.15) is 0 Å². The Hall–Kier alpha value is -2.04. The van der Waals surface area contributed by atoms with Crippen LogP contribution in [0.1, 0.15) is 28.8 Å². The van der Waals surface area contributed by atoms with Crippen molar-refractivity contribution in [3.05, 3.63) is 29.3 Å². The first kappa shape index (κ1) is 12.4. The molecule has 3 N–H and O–H groups in total. The monoisotopic (exact) mass is 248 g/mol. The number of nitrogens with two attached hydrogens (primary N) is 1. The van der Waals surface area contributed by atoms with Crippen molar-refractivity contribution in [2.24, 2.45) is 5.73 Å². The standard InChI is InChI=1S/C13H16N2O3/c1-8-4-2-5-9(11(8)16)13(18)15-7-3-6-10(15)12(14)17/h2,4-5,10,16H,3,6-7H2,1H3,(H2,14,17). The number of aromatic hydroxyl groups is 1. The minimum absolute atomic E-state index is 0.0300. The van der Waals surface area contributed by atoms with Crippen LogP contribution in [0.5, 0.6) is 5.75 Å². The molecule has 2 rings (SSSR count). The molecule has 1 aliphatic rings. The molecule has 1 aromatic carbocycles. The van der Waals surface area contributed by atoms with E-state index in [1.807, 2.05) is 0 Å². The summed E-state index contributed by atoms with van der Waals surface area (Å²) >= 11 is 0. The fourth-order valence-corrected chi connectivity index (χ4v) is 2.29. The van der Waals surface area contributed by atoms with E-state index in [1.165, 1.54) is 4.90 Å². The van der Waals surface area contributed by atoms with Gasteiger partial charge < -0.3 is 15.7 Å². The summed E-state index contributed by atoms with van der Waals surface area (Å²) in [5.41, 5.74) is 6.14. The van der Waals surface area contributed by atoms with Gasteiger partial charge in [0.05, 0.1) is 5.56 Å². The van der Waals surface area contributed by atoms with Crippen LogP contribution in [0.25, 0.3) is 0 Å². The molecule has 18 heavy (non-hydrogen) atoms. The number of hydrogen-bond donors (Lipinski definition) is 2. The molecule has 5 heteroatoms. The van der Waals surface area contributed by atoms with Gasteiger partial charge in [0, 0.05) is 6.54 Å². The number of phenols is 1. The Morgan fingerprint density at radius 1 is 1.44 bits per heavy atom. The van der Waals surface area contributed by atoms with Gasteiger partial charge in [0.2, 0.25) is 5.91 Å². The molecular weight excluding hydrogens is 232 g/mol. The van der Waals surface area contributed by atoms with E-state index in [1.54, 1.807) is 25.1 Å². The van der Waals surface area contributed by atoms with Crippen LogP contribution in [0, 0.1) is 6.92 Å². The van der Waals surface area contributed by atoms with E-state index in [-0.39, 0.29) is 17.2 Å². The third-order valence-electron chi connectivity index (χ3n) is 3.31. The van der Waals surface area contributed by atoms with Crippen LogP contribution in [-0.4, -0.2) is 34.4 Å². The minimum Gasteiger partial charge on any atom is -0.507 e. The van der Waals surface area contributed by atoms with Crippen molar-refractivity contribution in [2.45, 2.75) is 25.8 Å². The second kappa shape index (κ2) is 4.68. The molecule has 5 nitrogen and oxygen atoms in total. The van der Waals surface area contributed by atoms with Crippen molar-refractivity contribution in [1.29, 1.82) is 0 Å². The summed E-state index contributed by atoms with van der Waals surface area (Å²) in [6.07, 6.45) is 1.35. The van der Waals surface area contributed by atoms with Gasteiger partial charge in [0.25, 0.3) is 5.91 Å². The first-order chi connectivity index (χ1) is 8.52. The van der Waals surface area contributed by atoms with E-state index >= 15 is 0 Å². The van der Waals surface area contributed by atoms with Crippen molar-refractivity contribution in [3.8, 4) is 5.75 Å². The lowest BCUT2D eigenvalue weighted by molar-refractivity contribution is -0.121. The molecule has 0 bridgehead atoms. The van der Waals surface area contributed by atoms with Crippen LogP contribution in [0.4, 0.5) is 0 Å². The molecule has 1 atom stereocenters.